The van der Waals surface area contributed by atoms with Gasteiger partial charge in [0.15, 0.2) is 5.78 Å². The monoisotopic (exact) mass is 218 g/mol. The summed E-state index contributed by atoms with van der Waals surface area (Å²) in [6.45, 7) is 1.63. The Kier molecular flexibility index (Phi) is 2.77. The first kappa shape index (κ1) is 10.9. The van der Waals surface area contributed by atoms with E-state index in [0.717, 1.165) is 12.8 Å². The summed E-state index contributed by atoms with van der Waals surface area (Å²) in [5, 5.41) is 8.90. The molecule has 0 saturated heterocycles. The van der Waals surface area contributed by atoms with Crippen molar-refractivity contribution < 1.29 is 14.7 Å². The third-order valence-corrected chi connectivity index (χ3v) is 2.99. The molecule has 1 N–H and O–H groups in total. The molecule has 84 valence electrons. The molecule has 1 saturated carbocycles. The molecule has 16 heavy (non-hydrogen) atoms. The van der Waals surface area contributed by atoms with Gasteiger partial charge in [-0.05, 0) is 31.4 Å². The van der Waals surface area contributed by atoms with Crippen LogP contribution in [0.1, 0.15) is 41.6 Å². The minimum absolute atomic E-state index is 0.152. The summed E-state index contributed by atoms with van der Waals surface area (Å²) in [5.41, 5.74) is 1.34. The standard InChI is InChI=1S/C13H14O3/c1-8(13(15)16)10-3-2-4-11(7-10)12(14)9-5-6-9/h2-4,7-9H,5-6H2,1H3,(H,15,16). The molecule has 1 fully saturated rings. The number of carboxylic acids is 1. The summed E-state index contributed by atoms with van der Waals surface area (Å²) in [6, 6.07) is 6.98. The highest BCUT2D eigenvalue weighted by Crippen LogP contribution is 2.33. The number of Topliss-reactive ketones (excluding diaryl/α,β-unsaturated/α-hetero) is 1. The lowest BCUT2D eigenvalue weighted by molar-refractivity contribution is -0.138. The van der Waals surface area contributed by atoms with E-state index in [9.17, 15) is 9.59 Å². The summed E-state index contributed by atoms with van der Waals surface area (Å²) in [5.74, 6) is -1.10. The third kappa shape index (κ3) is 2.13. The molecule has 0 bridgehead atoms. The highest BCUT2D eigenvalue weighted by molar-refractivity contribution is 5.99. The van der Waals surface area contributed by atoms with Crippen molar-refractivity contribution >= 4 is 11.8 Å². The number of aliphatic carboxylic acids is 1. The van der Waals surface area contributed by atoms with Crippen LogP contribution in [0.4, 0.5) is 0 Å². The first-order valence-electron chi connectivity index (χ1n) is 5.46. The van der Waals surface area contributed by atoms with Gasteiger partial charge in [-0.3, -0.25) is 9.59 Å². The van der Waals surface area contributed by atoms with E-state index in [1.165, 1.54) is 0 Å². The Bertz CT molecular complexity index is 433. The molecule has 1 aliphatic carbocycles. The molecule has 1 unspecified atom stereocenters. The number of hydrogen-bond donors (Lipinski definition) is 1. The second-order valence-corrected chi connectivity index (χ2v) is 4.32. The Morgan fingerprint density at radius 2 is 2.06 bits per heavy atom. The Labute approximate surface area is 94.1 Å². The molecule has 0 spiro atoms. The van der Waals surface area contributed by atoms with Crippen molar-refractivity contribution in [2.24, 2.45) is 5.92 Å². The van der Waals surface area contributed by atoms with E-state index in [0.29, 0.717) is 11.1 Å². The van der Waals surface area contributed by atoms with Crippen LogP contribution in [-0.2, 0) is 4.79 Å². The Hall–Kier alpha value is -1.64. The topological polar surface area (TPSA) is 54.4 Å². The van der Waals surface area contributed by atoms with Crippen LogP contribution in [0.2, 0.25) is 0 Å². The number of carbonyl (C=O) groups is 2. The summed E-state index contributed by atoms with van der Waals surface area (Å²) < 4.78 is 0. The largest absolute Gasteiger partial charge is 0.481 e. The predicted octanol–water partition coefficient (Wildman–Crippen LogP) is 2.47. The minimum Gasteiger partial charge on any atom is -0.481 e. The second-order valence-electron chi connectivity index (χ2n) is 4.32. The second kappa shape index (κ2) is 4.08. The molecule has 0 heterocycles. The number of hydrogen-bond acceptors (Lipinski definition) is 2. The van der Waals surface area contributed by atoms with Gasteiger partial charge in [-0.15, -0.1) is 0 Å². The van der Waals surface area contributed by atoms with Crippen molar-refractivity contribution in [3.05, 3.63) is 35.4 Å². The smallest absolute Gasteiger partial charge is 0.310 e. The van der Waals surface area contributed by atoms with Gasteiger partial charge < -0.3 is 5.11 Å². The Morgan fingerprint density at radius 3 is 2.62 bits per heavy atom. The van der Waals surface area contributed by atoms with Gasteiger partial charge in [-0.25, -0.2) is 0 Å². The molecule has 0 radical (unpaired) electrons. The van der Waals surface area contributed by atoms with Crippen LogP contribution in [0.5, 0.6) is 0 Å². The molecule has 3 heteroatoms. The molecule has 2 rings (SSSR count). The van der Waals surface area contributed by atoms with Crippen LogP contribution >= 0.6 is 0 Å². The molecular formula is C13H14O3. The lowest BCUT2D eigenvalue weighted by atomic mass is 9.97. The number of ketones is 1. The van der Waals surface area contributed by atoms with Crippen LogP contribution in [0.3, 0.4) is 0 Å². The lowest BCUT2D eigenvalue weighted by Crippen LogP contribution is -2.09. The van der Waals surface area contributed by atoms with Crippen LogP contribution in [0, 0.1) is 5.92 Å². The van der Waals surface area contributed by atoms with Gasteiger partial charge in [0, 0.05) is 11.5 Å². The van der Waals surface area contributed by atoms with Crippen molar-refractivity contribution in [2.45, 2.75) is 25.7 Å². The maximum Gasteiger partial charge on any atom is 0.310 e. The number of carbonyl (C=O) groups excluding carboxylic acids is 1. The average molecular weight is 218 g/mol. The van der Waals surface area contributed by atoms with E-state index in [4.69, 9.17) is 5.11 Å². The summed E-state index contributed by atoms with van der Waals surface area (Å²) >= 11 is 0. The first-order chi connectivity index (χ1) is 7.59. The average Bonchev–Trinajstić information content (AvgIpc) is 3.11. The fraction of sp³-hybridized carbons (Fsp3) is 0.385. The van der Waals surface area contributed by atoms with Gasteiger partial charge in [-0.2, -0.15) is 0 Å². The molecule has 1 aromatic carbocycles. The van der Waals surface area contributed by atoms with E-state index in [2.05, 4.69) is 0 Å². The van der Waals surface area contributed by atoms with E-state index < -0.39 is 11.9 Å². The van der Waals surface area contributed by atoms with Gasteiger partial charge in [0.2, 0.25) is 0 Å². The number of rotatable bonds is 4. The molecule has 1 atom stereocenters. The normalized spacial score (nSPS) is 16.8. The summed E-state index contributed by atoms with van der Waals surface area (Å²) in [4.78, 5) is 22.6. The van der Waals surface area contributed by atoms with E-state index in [1.807, 2.05) is 0 Å². The van der Waals surface area contributed by atoms with Gasteiger partial charge in [0.05, 0.1) is 5.92 Å². The zero-order valence-electron chi connectivity index (χ0n) is 9.14. The zero-order chi connectivity index (χ0) is 11.7. The zero-order valence-corrected chi connectivity index (χ0v) is 9.14. The molecule has 1 aromatic rings. The van der Waals surface area contributed by atoms with Gasteiger partial charge in [0.1, 0.15) is 0 Å². The highest BCUT2D eigenvalue weighted by Gasteiger charge is 2.30. The third-order valence-electron chi connectivity index (χ3n) is 2.99. The fourth-order valence-electron chi connectivity index (χ4n) is 1.69. The van der Waals surface area contributed by atoms with Gasteiger partial charge in [-0.1, -0.05) is 18.2 Å². The van der Waals surface area contributed by atoms with Crippen LogP contribution in [0.25, 0.3) is 0 Å². The number of carboxylic acid groups (broad SMARTS) is 1. The van der Waals surface area contributed by atoms with Gasteiger partial charge in [0.25, 0.3) is 0 Å². The maximum atomic E-state index is 11.8. The minimum atomic E-state index is -0.865. The van der Waals surface area contributed by atoms with Crippen LogP contribution in [0.15, 0.2) is 24.3 Å². The lowest BCUT2D eigenvalue weighted by Gasteiger charge is -2.08. The molecule has 1 aliphatic rings. The first-order valence-corrected chi connectivity index (χ1v) is 5.46. The Morgan fingerprint density at radius 1 is 1.38 bits per heavy atom. The summed E-state index contributed by atoms with van der Waals surface area (Å²) in [7, 11) is 0. The Balaban J connectivity index is 2.25. The molecule has 0 aromatic heterocycles. The van der Waals surface area contributed by atoms with E-state index >= 15 is 0 Å². The maximum absolute atomic E-state index is 11.8. The quantitative estimate of drug-likeness (QED) is 0.790. The number of benzene rings is 1. The van der Waals surface area contributed by atoms with Crippen molar-refractivity contribution in [3.8, 4) is 0 Å². The SMILES string of the molecule is CC(C(=O)O)c1cccc(C(=O)C2CC2)c1. The van der Waals surface area contributed by atoms with Crippen molar-refractivity contribution in [3.63, 3.8) is 0 Å². The van der Waals surface area contributed by atoms with Gasteiger partial charge >= 0.3 is 5.97 Å². The summed E-state index contributed by atoms with van der Waals surface area (Å²) in [6.07, 6.45) is 1.94. The molecule has 0 aliphatic heterocycles. The molecule has 3 nitrogen and oxygen atoms in total. The van der Waals surface area contributed by atoms with Crippen molar-refractivity contribution in [1.82, 2.24) is 0 Å². The van der Waals surface area contributed by atoms with Crippen LogP contribution < -0.4 is 0 Å². The van der Waals surface area contributed by atoms with E-state index in [1.54, 1.807) is 31.2 Å². The molecule has 0 amide bonds. The van der Waals surface area contributed by atoms with Crippen LogP contribution in [-0.4, -0.2) is 16.9 Å². The predicted molar refractivity (Wildman–Crippen MR) is 59.5 cm³/mol. The fourth-order valence-corrected chi connectivity index (χ4v) is 1.69. The van der Waals surface area contributed by atoms with Crippen molar-refractivity contribution in [1.29, 1.82) is 0 Å². The van der Waals surface area contributed by atoms with E-state index in [-0.39, 0.29) is 11.7 Å². The van der Waals surface area contributed by atoms with Crippen molar-refractivity contribution in [2.75, 3.05) is 0 Å². The highest BCUT2D eigenvalue weighted by atomic mass is 16.4. The molecular weight excluding hydrogens is 204 g/mol.